The van der Waals surface area contributed by atoms with E-state index in [1.807, 2.05) is 0 Å². The molecular weight excluding hydrogens is 543 g/mol. The quantitative estimate of drug-likeness (QED) is 0.470. The van der Waals surface area contributed by atoms with Gasteiger partial charge < -0.3 is 20.4 Å². The topological polar surface area (TPSA) is 102 Å². The number of carbonyl (C=O) groups is 1. The maximum Gasteiger partial charge on any atom is 0.290 e. The molecule has 1 atom stereocenters. The molecule has 0 radical (unpaired) electrons. The van der Waals surface area contributed by atoms with Crippen LogP contribution in [0.15, 0.2) is 24.7 Å². The number of nitrogens with zero attached hydrogens (tertiary/aromatic N) is 4. The molecule has 0 saturated heterocycles. The average Bonchev–Trinajstić information content (AvgIpc) is 3.14. The molecule has 162 valence electrons. The molecule has 6 rings (SSSR count). The second-order valence-electron chi connectivity index (χ2n) is 7.46. The molecule has 0 spiro atoms. The average molecular weight is 563 g/mol. The van der Waals surface area contributed by atoms with Crippen LogP contribution in [0.4, 0.5) is 14.6 Å². The van der Waals surface area contributed by atoms with Crippen molar-refractivity contribution in [1.82, 2.24) is 19.9 Å². The fourth-order valence-corrected chi connectivity index (χ4v) is 4.43. The molecular formula is C20H20DyF2N5O2-. The Hall–Kier alpha value is -1.83. The van der Waals surface area contributed by atoms with Gasteiger partial charge in [-0.15, -0.1) is 0 Å². The fourth-order valence-electron chi connectivity index (χ4n) is 4.43. The number of rotatable bonds is 3. The second kappa shape index (κ2) is 9.99. The zero-order valence-electron chi connectivity index (χ0n) is 15.9. The van der Waals surface area contributed by atoms with Gasteiger partial charge in [0.25, 0.3) is 6.47 Å². The summed E-state index contributed by atoms with van der Waals surface area (Å²) in [6, 6.07) is 1.61. The minimum absolute atomic E-state index is 0. The van der Waals surface area contributed by atoms with Crippen molar-refractivity contribution in [1.29, 1.82) is 0 Å². The van der Waals surface area contributed by atoms with E-state index in [2.05, 4.69) is 25.3 Å². The monoisotopic (exact) mass is 564 g/mol. The van der Waals surface area contributed by atoms with Gasteiger partial charge in [-0.3, -0.25) is 4.79 Å². The van der Waals surface area contributed by atoms with Crippen LogP contribution in [0.2, 0.25) is 0 Å². The van der Waals surface area contributed by atoms with Crippen LogP contribution < -0.4 is 10.3 Å². The summed E-state index contributed by atoms with van der Waals surface area (Å²) in [7, 11) is 0. The van der Waals surface area contributed by atoms with E-state index in [1.165, 1.54) is 31.7 Å². The first-order valence-corrected chi connectivity index (χ1v) is 9.53. The summed E-state index contributed by atoms with van der Waals surface area (Å²) in [5.41, 5.74) is 0.980. The zero-order valence-corrected chi connectivity index (χ0v) is 17.9. The summed E-state index contributed by atoms with van der Waals surface area (Å²) in [5, 5.41) is 10.7. The predicted molar refractivity (Wildman–Crippen MR) is 102 cm³/mol. The molecule has 3 saturated carbocycles. The largest absolute Gasteiger partial charge is 0.483 e. The van der Waals surface area contributed by atoms with Gasteiger partial charge in [-0.1, -0.05) is 24.7 Å². The summed E-state index contributed by atoms with van der Waals surface area (Å²) < 4.78 is 27.9. The van der Waals surface area contributed by atoms with Gasteiger partial charge in [0.05, 0.1) is 6.20 Å². The van der Waals surface area contributed by atoms with Gasteiger partial charge in [-0.05, 0) is 48.7 Å². The van der Waals surface area contributed by atoms with Gasteiger partial charge in [0.2, 0.25) is 0 Å². The molecule has 0 aliphatic heterocycles. The fraction of sp³-hybridized carbons (Fsp3) is 0.400. The standard InChI is InChI=1S/C19H18F2N5.CH2O2.Dy/c20-12-6-13-14(8-23-17(13)22-7-12)18-24-9-15(21)19(26-18)25-16-5-10-1-3-11(16)4-2-10;2-1-3;/h6-11,16H,1-5H2,(H-,22,23,24,25,26);1H,(H,2,3);/q-1;;. The van der Waals surface area contributed by atoms with Crippen molar-refractivity contribution < 1.29 is 56.9 Å². The minimum Gasteiger partial charge on any atom is -0.483 e. The van der Waals surface area contributed by atoms with E-state index in [-0.39, 0.29) is 56.5 Å². The Bertz CT molecular complexity index is 1020. The van der Waals surface area contributed by atoms with Crippen LogP contribution in [0.25, 0.3) is 22.4 Å². The van der Waals surface area contributed by atoms with Crippen molar-refractivity contribution in [3.05, 3.63) is 36.3 Å². The Labute approximate surface area is 202 Å². The van der Waals surface area contributed by atoms with Crippen LogP contribution in [0.5, 0.6) is 0 Å². The van der Waals surface area contributed by atoms with E-state index in [0.29, 0.717) is 28.3 Å². The Morgan fingerprint density at radius 1 is 1.17 bits per heavy atom. The molecule has 7 nitrogen and oxygen atoms in total. The van der Waals surface area contributed by atoms with Gasteiger partial charge in [0.15, 0.2) is 17.5 Å². The normalized spacial score (nSPS) is 22.0. The van der Waals surface area contributed by atoms with Crippen molar-refractivity contribution in [3.63, 3.8) is 0 Å². The number of hydrogen-bond donors (Lipinski definition) is 2. The first-order chi connectivity index (χ1) is 14.1. The number of carboxylic acid groups (broad SMARTS) is 1. The molecule has 3 heterocycles. The molecule has 2 bridgehead atoms. The molecule has 2 N–H and O–H groups in total. The van der Waals surface area contributed by atoms with Gasteiger partial charge in [-0.25, -0.2) is 18.7 Å². The molecule has 10 heteroatoms. The third kappa shape index (κ3) is 4.74. The van der Waals surface area contributed by atoms with Gasteiger partial charge >= 0.3 is 0 Å². The Morgan fingerprint density at radius 3 is 2.57 bits per heavy atom. The van der Waals surface area contributed by atoms with E-state index in [1.54, 1.807) is 6.20 Å². The second-order valence-corrected chi connectivity index (χ2v) is 7.46. The molecule has 1 unspecified atom stereocenters. The maximum absolute atomic E-state index is 14.3. The number of nitrogens with one attached hydrogen (secondary N) is 1. The first-order valence-electron chi connectivity index (χ1n) is 9.53. The van der Waals surface area contributed by atoms with Crippen molar-refractivity contribution in [2.24, 2.45) is 11.8 Å². The molecule has 3 aromatic heterocycles. The maximum atomic E-state index is 14.3. The van der Waals surface area contributed by atoms with Crippen LogP contribution in [-0.4, -0.2) is 32.6 Å². The third-order valence-corrected chi connectivity index (χ3v) is 5.79. The van der Waals surface area contributed by atoms with Gasteiger partial charge in [0, 0.05) is 49.8 Å². The number of pyridine rings is 1. The van der Waals surface area contributed by atoms with Crippen molar-refractivity contribution in [3.8, 4) is 11.4 Å². The van der Waals surface area contributed by atoms with Crippen molar-refractivity contribution >= 4 is 23.3 Å². The number of hydrogen-bond acceptors (Lipinski definition) is 5. The van der Waals surface area contributed by atoms with E-state index in [0.717, 1.165) is 24.7 Å². The third-order valence-electron chi connectivity index (χ3n) is 5.79. The summed E-state index contributed by atoms with van der Waals surface area (Å²) in [6.45, 7) is -0.250. The van der Waals surface area contributed by atoms with Crippen LogP contribution in [0.3, 0.4) is 0 Å². The number of anilines is 1. The summed E-state index contributed by atoms with van der Waals surface area (Å²) >= 11 is 0. The van der Waals surface area contributed by atoms with Gasteiger partial charge in [-0.2, -0.15) is 0 Å². The van der Waals surface area contributed by atoms with E-state index < -0.39 is 11.6 Å². The Morgan fingerprint density at radius 2 is 1.90 bits per heavy atom. The zero-order chi connectivity index (χ0) is 20.4. The Balaban J connectivity index is 0.000000606. The van der Waals surface area contributed by atoms with Crippen LogP contribution in [0.1, 0.15) is 32.1 Å². The molecule has 3 fully saturated rings. The summed E-state index contributed by atoms with van der Waals surface area (Å²) in [4.78, 5) is 24.9. The molecule has 3 aliphatic rings. The van der Waals surface area contributed by atoms with Crippen LogP contribution in [0, 0.1) is 61.6 Å². The van der Waals surface area contributed by atoms with Crippen molar-refractivity contribution in [2.45, 2.75) is 38.1 Å². The minimum atomic E-state index is -0.469. The van der Waals surface area contributed by atoms with E-state index in [9.17, 15) is 8.78 Å². The molecule has 0 amide bonds. The molecule has 3 aromatic rings. The van der Waals surface area contributed by atoms with E-state index in [4.69, 9.17) is 9.90 Å². The molecule has 30 heavy (non-hydrogen) atoms. The number of aromatic nitrogens is 4. The van der Waals surface area contributed by atoms with Crippen LogP contribution >= 0.6 is 0 Å². The molecule has 3 aliphatic carbocycles. The summed E-state index contributed by atoms with van der Waals surface area (Å²) in [5.74, 6) is 0.932. The first kappa shape index (κ1) is 22.8. The van der Waals surface area contributed by atoms with Crippen molar-refractivity contribution in [2.75, 3.05) is 5.32 Å². The predicted octanol–water partition coefficient (Wildman–Crippen LogP) is 3.62. The van der Waals surface area contributed by atoms with Gasteiger partial charge in [0.1, 0.15) is 5.82 Å². The SMILES string of the molecule is Fc1cnc2[n-]cc(-c3ncc(F)c(NC4CC5CCC4CC5)n3)c2c1.O=CO.[Dy]. The number of fused-ring (bicyclic) bond motifs is 4. The molecule has 0 aromatic carbocycles. The van der Waals surface area contributed by atoms with E-state index >= 15 is 0 Å². The number of halogens is 2. The smallest absolute Gasteiger partial charge is 0.290 e. The van der Waals surface area contributed by atoms with Crippen LogP contribution in [-0.2, 0) is 4.79 Å². The Kier molecular flexibility index (Phi) is 7.61. The summed E-state index contributed by atoms with van der Waals surface area (Å²) in [6.07, 6.45) is 9.87.